The number of aromatic hydroxyl groups is 1. The number of H-pyrrole nitrogens is 3. The van der Waals surface area contributed by atoms with Crippen LogP contribution in [0.1, 0.15) is 99.9 Å². The summed E-state index contributed by atoms with van der Waals surface area (Å²) in [5.41, 5.74) is 1.81. The topological polar surface area (TPSA) is 248 Å². The van der Waals surface area contributed by atoms with Crippen molar-refractivity contribution in [2.75, 3.05) is 13.9 Å². The Morgan fingerprint density at radius 3 is 1.48 bits per heavy atom. The number of benzene rings is 2. The molecular formula is C42H52N10O6. The van der Waals surface area contributed by atoms with Crippen molar-refractivity contribution < 1.29 is 29.0 Å². The SMILES string of the molecule is C.C.CCCC(NC(=O)/C(C#N)=C/c1ncc[nH]1)c1ccc(O)cc1.CCCC(NC(=O)/C(C#N)=C/c1ncc[nH]1)c1ccc(OCOC)cc1.O=Cc1ncc[nH]1. The number of methoxy groups -OCH3 is 1. The maximum Gasteiger partial charge on any atom is 0.262 e. The van der Waals surface area contributed by atoms with E-state index >= 15 is 0 Å². The zero-order valence-electron chi connectivity index (χ0n) is 31.2. The van der Waals surface area contributed by atoms with Crippen molar-refractivity contribution in [2.24, 2.45) is 0 Å². The van der Waals surface area contributed by atoms with Crippen LogP contribution in [0.2, 0.25) is 0 Å². The number of carbonyl (C=O) groups is 3. The number of amides is 2. The molecule has 0 aliphatic heterocycles. The summed E-state index contributed by atoms with van der Waals surface area (Å²) >= 11 is 0. The number of imidazole rings is 3. The Morgan fingerprint density at radius 1 is 0.741 bits per heavy atom. The van der Waals surface area contributed by atoms with Crippen LogP contribution in [0.5, 0.6) is 11.5 Å². The lowest BCUT2D eigenvalue weighted by molar-refractivity contribution is -0.118. The quantitative estimate of drug-likeness (QED) is 0.0254. The summed E-state index contributed by atoms with van der Waals surface area (Å²) in [5.74, 6) is 1.27. The number of nitrogens with one attached hydrogen (secondary N) is 5. The molecule has 0 fully saturated rings. The number of phenolic OH excluding ortho intramolecular Hbond substituents is 1. The molecule has 3 heterocycles. The monoisotopic (exact) mass is 792 g/mol. The van der Waals surface area contributed by atoms with Crippen LogP contribution in [0.25, 0.3) is 12.2 Å². The second-order valence-electron chi connectivity index (χ2n) is 11.7. The first-order valence-electron chi connectivity index (χ1n) is 17.5. The van der Waals surface area contributed by atoms with Gasteiger partial charge >= 0.3 is 0 Å². The summed E-state index contributed by atoms with van der Waals surface area (Å²) < 4.78 is 10.2. The van der Waals surface area contributed by atoms with E-state index in [1.54, 1.807) is 62.4 Å². The zero-order valence-corrected chi connectivity index (χ0v) is 31.2. The first-order chi connectivity index (χ1) is 27.2. The van der Waals surface area contributed by atoms with Gasteiger partial charge in [0.25, 0.3) is 11.8 Å². The fourth-order valence-corrected chi connectivity index (χ4v) is 4.95. The Labute approximate surface area is 339 Å². The third-order valence-electron chi connectivity index (χ3n) is 7.65. The molecule has 6 N–H and O–H groups in total. The molecule has 2 unspecified atom stereocenters. The highest BCUT2D eigenvalue weighted by Crippen LogP contribution is 2.23. The minimum Gasteiger partial charge on any atom is -0.508 e. The van der Waals surface area contributed by atoms with Crippen LogP contribution in [-0.4, -0.2) is 67.0 Å². The van der Waals surface area contributed by atoms with Crippen LogP contribution in [0.3, 0.4) is 0 Å². The van der Waals surface area contributed by atoms with Gasteiger partial charge in [0, 0.05) is 56.4 Å². The minimum absolute atomic E-state index is 0. The number of aromatic amines is 3. The second-order valence-corrected chi connectivity index (χ2v) is 11.7. The van der Waals surface area contributed by atoms with E-state index in [9.17, 15) is 30.0 Å². The number of hydrogen-bond donors (Lipinski definition) is 6. The molecule has 0 saturated heterocycles. The molecule has 0 spiro atoms. The fourth-order valence-electron chi connectivity index (χ4n) is 4.95. The summed E-state index contributed by atoms with van der Waals surface area (Å²) in [6.45, 7) is 4.24. The smallest absolute Gasteiger partial charge is 0.262 e. The largest absolute Gasteiger partial charge is 0.508 e. The summed E-state index contributed by atoms with van der Waals surface area (Å²) in [4.78, 5) is 54.5. The number of nitriles is 2. The highest BCUT2D eigenvalue weighted by Gasteiger charge is 2.19. The molecule has 306 valence electrons. The van der Waals surface area contributed by atoms with Gasteiger partial charge in [-0.1, -0.05) is 65.8 Å². The maximum atomic E-state index is 12.5. The van der Waals surface area contributed by atoms with Crippen molar-refractivity contribution in [1.82, 2.24) is 40.5 Å². The van der Waals surface area contributed by atoms with E-state index in [0.717, 1.165) is 36.8 Å². The Morgan fingerprint density at radius 2 is 1.16 bits per heavy atom. The Kier molecular flexibility index (Phi) is 22.9. The average molecular weight is 793 g/mol. The predicted octanol–water partition coefficient (Wildman–Crippen LogP) is 7.13. The van der Waals surface area contributed by atoms with Gasteiger partial charge in [0.2, 0.25) is 0 Å². The molecule has 0 bridgehead atoms. The lowest BCUT2D eigenvalue weighted by Crippen LogP contribution is -2.29. The molecule has 2 atom stereocenters. The van der Waals surface area contributed by atoms with Crippen molar-refractivity contribution in [2.45, 2.75) is 66.5 Å². The number of carbonyl (C=O) groups excluding carboxylic acids is 3. The van der Waals surface area contributed by atoms with Gasteiger partial charge in [-0.25, -0.2) is 15.0 Å². The molecule has 0 radical (unpaired) electrons. The van der Waals surface area contributed by atoms with Crippen LogP contribution >= 0.6 is 0 Å². The molecule has 0 saturated carbocycles. The average Bonchev–Trinajstić information content (AvgIpc) is 4.04. The predicted molar refractivity (Wildman–Crippen MR) is 220 cm³/mol. The van der Waals surface area contributed by atoms with E-state index in [4.69, 9.17) is 9.47 Å². The molecule has 5 rings (SSSR count). The highest BCUT2D eigenvalue weighted by molar-refractivity contribution is 6.02. The third kappa shape index (κ3) is 16.6. The first-order valence-corrected chi connectivity index (χ1v) is 17.5. The third-order valence-corrected chi connectivity index (χ3v) is 7.65. The molecule has 5 aromatic rings. The Balaban J connectivity index is 0.000000483. The summed E-state index contributed by atoms with van der Waals surface area (Å²) in [6.07, 6.45) is 16.2. The van der Waals surface area contributed by atoms with Crippen LogP contribution in [-0.2, 0) is 14.3 Å². The lowest BCUT2D eigenvalue weighted by atomic mass is 10.0. The summed E-state index contributed by atoms with van der Waals surface area (Å²) in [7, 11) is 1.56. The number of hydrogen-bond acceptors (Lipinski definition) is 11. The molecule has 16 heteroatoms. The number of aromatic nitrogens is 6. The van der Waals surface area contributed by atoms with E-state index in [1.165, 1.54) is 18.3 Å². The van der Waals surface area contributed by atoms with Gasteiger partial charge in [0.1, 0.15) is 46.4 Å². The normalized spacial score (nSPS) is 11.5. The van der Waals surface area contributed by atoms with Gasteiger partial charge < -0.3 is 40.2 Å². The van der Waals surface area contributed by atoms with Gasteiger partial charge in [0.15, 0.2) is 18.9 Å². The summed E-state index contributed by atoms with van der Waals surface area (Å²) in [6, 6.07) is 17.5. The standard InChI is InChI=1S/C19H22N4O3.C17H18N4O2.C4H4N2O.2CH4/c1-3-4-17(14-5-7-16(8-6-14)26-13-25-2)23-19(24)15(12-20)11-18-21-9-10-22-18;1-2-3-15(12-4-6-14(22)7-5-12)21-17(23)13(11-18)10-16-19-8-9-20-16;7-3-4-5-1-2-6-4;;/h5-11,17H,3-4,13H2,1-2H3,(H,21,22)(H,23,24);4-10,15,22H,2-3H2,1H3,(H,19,20)(H,21,23);1-3H,(H,5,6);2*1H4/b15-11+;13-10+;;;. The number of nitrogens with zero attached hydrogens (tertiary/aromatic N) is 5. The van der Waals surface area contributed by atoms with Gasteiger partial charge in [-0.3, -0.25) is 14.4 Å². The lowest BCUT2D eigenvalue weighted by Gasteiger charge is -2.19. The van der Waals surface area contributed by atoms with Crippen LogP contribution in [0.4, 0.5) is 0 Å². The Hall–Kier alpha value is -7.30. The number of aldehydes is 1. The van der Waals surface area contributed by atoms with Crippen molar-refractivity contribution in [1.29, 1.82) is 10.5 Å². The number of rotatable bonds is 16. The van der Waals surface area contributed by atoms with Gasteiger partial charge in [-0.15, -0.1) is 0 Å². The van der Waals surface area contributed by atoms with Crippen LogP contribution in [0.15, 0.2) is 96.9 Å². The van der Waals surface area contributed by atoms with Gasteiger partial charge in [-0.05, 0) is 48.2 Å². The molecule has 58 heavy (non-hydrogen) atoms. The van der Waals surface area contributed by atoms with Crippen molar-refractivity contribution in [3.8, 4) is 23.6 Å². The highest BCUT2D eigenvalue weighted by atomic mass is 16.7. The Bertz CT molecular complexity index is 2050. The molecule has 0 aliphatic rings. The maximum absolute atomic E-state index is 12.5. The molecule has 16 nitrogen and oxygen atoms in total. The second kappa shape index (κ2) is 27.3. The van der Waals surface area contributed by atoms with E-state index in [-0.39, 0.29) is 50.6 Å². The van der Waals surface area contributed by atoms with Gasteiger partial charge in [-0.2, -0.15) is 10.5 Å². The van der Waals surface area contributed by atoms with Crippen molar-refractivity contribution in [3.05, 3.63) is 125 Å². The first kappa shape index (κ1) is 48.7. The molecular weight excluding hydrogens is 741 g/mol. The summed E-state index contributed by atoms with van der Waals surface area (Å²) in [5, 5.41) is 33.6. The molecule has 3 aromatic heterocycles. The number of ether oxygens (including phenoxy) is 2. The van der Waals surface area contributed by atoms with Crippen LogP contribution in [0, 0.1) is 22.7 Å². The fraction of sp³-hybridized carbons (Fsp3) is 0.286. The van der Waals surface area contributed by atoms with E-state index in [2.05, 4.69) is 40.5 Å². The van der Waals surface area contributed by atoms with Crippen LogP contribution < -0.4 is 15.4 Å². The van der Waals surface area contributed by atoms with Gasteiger partial charge in [0.05, 0.1) is 12.1 Å². The molecule has 2 aromatic carbocycles. The molecule has 0 aliphatic carbocycles. The van der Waals surface area contributed by atoms with Crippen molar-refractivity contribution >= 4 is 30.3 Å². The van der Waals surface area contributed by atoms with E-state index in [0.29, 0.717) is 29.5 Å². The van der Waals surface area contributed by atoms with Crippen molar-refractivity contribution in [3.63, 3.8) is 0 Å². The van der Waals surface area contributed by atoms with E-state index in [1.807, 2.05) is 50.3 Å². The minimum atomic E-state index is -0.449. The molecule has 2 amide bonds. The number of phenols is 1. The zero-order chi connectivity index (χ0) is 40.5. The van der Waals surface area contributed by atoms with E-state index < -0.39 is 11.8 Å².